The molecule has 0 atom stereocenters. The van der Waals surface area contributed by atoms with Gasteiger partial charge in [0.1, 0.15) is 0 Å². The third-order valence-corrected chi connectivity index (χ3v) is 6.89. The Morgan fingerprint density at radius 2 is 0.727 bits per heavy atom. The first kappa shape index (κ1) is 32.3. The van der Waals surface area contributed by atoms with Crippen molar-refractivity contribution >= 4 is 11.4 Å². The van der Waals surface area contributed by atoms with Crippen molar-refractivity contribution in [1.29, 1.82) is 0 Å². The lowest BCUT2D eigenvalue weighted by Crippen LogP contribution is -2.17. The molecule has 0 fully saturated rings. The minimum absolute atomic E-state index is 0.231. The zero-order valence-electron chi connectivity index (χ0n) is 24.1. The van der Waals surface area contributed by atoms with Gasteiger partial charge in [-0.25, -0.2) is 0 Å². The third kappa shape index (κ3) is 21.6. The fourth-order valence-corrected chi connectivity index (χ4v) is 3.58. The normalized spacial score (nSPS) is 13.7. The summed E-state index contributed by atoms with van der Waals surface area (Å²) in [6.07, 6.45) is 19.0. The Balaban J connectivity index is 3.26. The Bertz CT molecular complexity index is 460. The predicted octanol–water partition coefficient (Wildman–Crippen LogP) is 9.05. The molecule has 0 aromatic rings. The molecular formula is C30H61N3. The first-order valence-corrected chi connectivity index (χ1v) is 14.3. The van der Waals surface area contributed by atoms with Crippen LogP contribution in [-0.2, 0) is 0 Å². The molecule has 0 aromatic carbocycles. The van der Waals surface area contributed by atoms with Crippen LogP contribution < -0.4 is 5.32 Å². The highest BCUT2D eigenvalue weighted by Crippen LogP contribution is 2.17. The average molecular weight is 464 g/mol. The van der Waals surface area contributed by atoms with Gasteiger partial charge in [-0.15, -0.1) is 0 Å². The standard InChI is InChI=1S/C30H61N3/c1-27(29(3,4)5)32-25-21-17-13-9-11-15-19-23-31-24-20-16-12-10-14-18-22-26-33-28(2)30(6,7)8/h31H,9-26H2,1-8H3. The first-order valence-electron chi connectivity index (χ1n) is 14.3. The van der Waals surface area contributed by atoms with Crippen molar-refractivity contribution in [1.82, 2.24) is 5.32 Å². The number of unbranched alkanes of at least 4 members (excludes halogenated alkanes) is 12. The largest absolute Gasteiger partial charge is 0.317 e. The number of nitrogens with zero attached hydrogens (tertiary/aromatic N) is 2. The van der Waals surface area contributed by atoms with Crippen molar-refractivity contribution in [2.75, 3.05) is 26.2 Å². The van der Waals surface area contributed by atoms with Gasteiger partial charge in [0.15, 0.2) is 0 Å². The molecule has 3 nitrogen and oxygen atoms in total. The van der Waals surface area contributed by atoms with E-state index in [0.717, 1.165) is 13.1 Å². The molecule has 0 saturated heterocycles. The van der Waals surface area contributed by atoms with Crippen molar-refractivity contribution in [3.8, 4) is 0 Å². The van der Waals surface area contributed by atoms with E-state index in [4.69, 9.17) is 9.98 Å². The summed E-state index contributed by atoms with van der Waals surface area (Å²) in [6, 6.07) is 0. The fraction of sp³-hybridized carbons (Fsp3) is 0.933. The van der Waals surface area contributed by atoms with E-state index in [1.807, 2.05) is 0 Å². The second-order valence-corrected chi connectivity index (χ2v) is 12.1. The molecule has 0 heterocycles. The molecule has 1 N–H and O–H groups in total. The highest BCUT2D eigenvalue weighted by Gasteiger charge is 2.13. The van der Waals surface area contributed by atoms with Crippen LogP contribution in [0.2, 0.25) is 0 Å². The van der Waals surface area contributed by atoms with Crippen molar-refractivity contribution in [2.45, 2.75) is 145 Å². The second-order valence-electron chi connectivity index (χ2n) is 12.1. The molecule has 0 aliphatic rings. The smallest absolute Gasteiger partial charge is 0.0388 e. The third-order valence-electron chi connectivity index (χ3n) is 6.89. The molecule has 0 saturated carbocycles. The van der Waals surface area contributed by atoms with Gasteiger partial charge < -0.3 is 5.32 Å². The van der Waals surface area contributed by atoms with Gasteiger partial charge >= 0.3 is 0 Å². The first-order chi connectivity index (χ1) is 15.5. The lowest BCUT2D eigenvalue weighted by molar-refractivity contribution is 0.533. The molecule has 0 unspecified atom stereocenters. The van der Waals surface area contributed by atoms with E-state index >= 15 is 0 Å². The van der Waals surface area contributed by atoms with E-state index in [1.54, 1.807) is 0 Å². The van der Waals surface area contributed by atoms with E-state index in [0.29, 0.717) is 0 Å². The summed E-state index contributed by atoms with van der Waals surface area (Å²) in [4.78, 5) is 9.45. The summed E-state index contributed by atoms with van der Waals surface area (Å²) in [5.74, 6) is 0. The van der Waals surface area contributed by atoms with Gasteiger partial charge in [-0.05, 0) is 63.5 Å². The molecule has 0 aromatic heterocycles. The minimum Gasteiger partial charge on any atom is -0.317 e. The summed E-state index contributed by atoms with van der Waals surface area (Å²) in [5, 5.41) is 3.64. The van der Waals surface area contributed by atoms with Gasteiger partial charge in [-0.1, -0.05) is 106 Å². The summed E-state index contributed by atoms with van der Waals surface area (Å²) in [7, 11) is 0. The van der Waals surface area contributed by atoms with E-state index in [-0.39, 0.29) is 10.8 Å². The number of hydrogen-bond acceptors (Lipinski definition) is 3. The van der Waals surface area contributed by atoms with Gasteiger partial charge in [0.05, 0.1) is 0 Å². The zero-order chi connectivity index (χ0) is 25.0. The second kappa shape index (κ2) is 19.6. The topological polar surface area (TPSA) is 36.8 Å². The SMILES string of the molecule is CC(=NCCCCCCCCCNCCCCCCCCCN=C(C)C(C)(C)C)C(C)(C)C. The Morgan fingerprint density at radius 1 is 0.455 bits per heavy atom. The van der Waals surface area contributed by atoms with Crippen molar-refractivity contribution in [2.24, 2.45) is 20.8 Å². The number of nitrogens with one attached hydrogen (secondary N) is 1. The molecule has 0 spiro atoms. The summed E-state index contributed by atoms with van der Waals surface area (Å²) in [6.45, 7) is 22.2. The van der Waals surface area contributed by atoms with E-state index in [1.165, 1.54) is 114 Å². The molecule has 0 bridgehead atoms. The Labute approximate surface area is 209 Å². The quantitative estimate of drug-likeness (QED) is 0.142. The van der Waals surface area contributed by atoms with Crippen LogP contribution >= 0.6 is 0 Å². The Hall–Kier alpha value is -0.700. The van der Waals surface area contributed by atoms with Crippen LogP contribution in [0.5, 0.6) is 0 Å². The van der Waals surface area contributed by atoms with E-state index in [2.05, 4.69) is 60.7 Å². The van der Waals surface area contributed by atoms with Crippen LogP contribution in [-0.4, -0.2) is 37.6 Å². The van der Waals surface area contributed by atoms with Crippen LogP contribution in [0.4, 0.5) is 0 Å². The Morgan fingerprint density at radius 3 is 1.03 bits per heavy atom. The maximum atomic E-state index is 4.73. The van der Waals surface area contributed by atoms with E-state index in [9.17, 15) is 0 Å². The Kier molecular flexibility index (Phi) is 19.2. The summed E-state index contributed by atoms with van der Waals surface area (Å²) >= 11 is 0. The van der Waals surface area contributed by atoms with Crippen molar-refractivity contribution in [3.63, 3.8) is 0 Å². The van der Waals surface area contributed by atoms with Crippen LogP contribution in [0.1, 0.15) is 145 Å². The number of hydrogen-bond donors (Lipinski definition) is 1. The van der Waals surface area contributed by atoms with E-state index < -0.39 is 0 Å². The van der Waals surface area contributed by atoms with Gasteiger partial charge in [-0.3, -0.25) is 9.98 Å². The summed E-state index contributed by atoms with van der Waals surface area (Å²) < 4.78 is 0. The maximum Gasteiger partial charge on any atom is 0.0388 e. The van der Waals surface area contributed by atoms with Gasteiger partial charge in [0.2, 0.25) is 0 Å². The minimum atomic E-state index is 0.231. The molecule has 0 aliphatic heterocycles. The monoisotopic (exact) mass is 463 g/mol. The molecule has 3 heteroatoms. The van der Waals surface area contributed by atoms with Crippen LogP contribution in [0.25, 0.3) is 0 Å². The highest BCUT2D eigenvalue weighted by atomic mass is 14.8. The fourth-order valence-electron chi connectivity index (χ4n) is 3.58. The van der Waals surface area contributed by atoms with Gasteiger partial charge in [-0.2, -0.15) is 0 Å². The van der Waals surface area contributed by atoms with Gasteiger partial charge in [0.25, 0.3) is 0 Å². The molecule has 0 aliphatic carbocycles. The maximum absolute atomic E-state index is 4.73. The number of aliphatic imine (C=N–C) groups is 2. The van der Waals surface area contributed by atoms with Crippen molar-refractivity contribution in [3.05, 3.63) is 0 Å². The van der Waals surface area contributed by atoms with Gasteiger partial charge in [0, 0.05) is 24.5 Å². The lowest BCUT2D eigenvalue weighted by Gasteiger charge is -2.17. The van der Waals surface area contributed by atoms with Crippen LogP contribution in [0, 0.1) is 10.8 Å². The van der Waals surface area contributed by atoms with Crippen molar-refractivity contribution < 1.29 is 0 Å². The molecule has 196 valence electrons. The molecule has 0 rings (SSSR count). The summed E-state index contributed by atoms with van der Waals surface area (Å²) in [5.41, 5.74) is 3.04. The highest BCUT2D eigenvalue weighted by molar-refractivity contribution is 5.87. The van der Waals surface area contributed by atoms with Crippen LogP contribution in [0.15, 0.2) is 9.98 Å². The molecule has 0 amide bonds. The van der Waals surface area contributed by atoms with Crippen LogP contribution in [0.3, 0.4) is 0 Å². The lowest BCUT2D eigenvalue weighted by atomic mass is 9.91. The molecule has 33 heavy (non-hydrogen) atoms. The average Bonchev–Trinajstić information content (AvgIpc) is 2.73. The molecular weight excluding hydrogens is 402 g/mol. The molecule has 0 radical (unpaired) electrons. The predicted molar refractivity (Wildman–Crippen MR) is 152 cm³/mol. The zero-order valence-corrected chi connectivity index (χ0v) is 24.1. The number of rotatable bonds is 20.